The largest absolute Gasteiger partial charge is 0.320 e. The second-order valence-corrected chi connectivity index (χ2v) is 2.96. The number of hydrogen-bond donors (Lipinski definition) is 2. The van der Waals surface area contributed by atoms with Crippen molar-refractivity contribution in [3.05, 3.63) is 28.8 Å². The van der Waals surface area contributed by atoms with E-state index >= 15 is 0 Å². The summed E-state index contributed by atoms with van der Waals surface area (Å²) < 4.78 is 0. The standard InChI is InChI=1S/C8H5ClN2O/c9-4-1-2-5-6(3-4)11-8(12)7(5)10/h1-3H,(H2,10,11,12). The minimum absolute atomic E-state index is 0.00154. The number of carbonyl (C=O) groups is 1. The molecule has 0 radical (unpaired) electrons. The van der Waals surface area contributed by atoms with Crippen LogP contribution in [0.3, 0.4) is 0 Å². The van der Waals surface area contributed by atoms with Crippen molar-refractivity contribution < 1.29 is 4.79 Å². The topological polar surface area (TPSA) is 53.0 Å². The molecule has 1 aliphatic heterocycles. The predicted molar refractivity (Wildman–Crippen MR) is 46.9 cm³/mol. The molecule has 0 aliphatic carbocycles. The number of hydrogen-bond acceptors (Lipinski definition) is 2. The van der Waals surface area contributed by atoms with Gasteiger partial charge in [-0.15, -0.1) is 0 Å². The van der Waals surface area contributed by atoms with Crippen molar-refractivity contribution in [1.29, 1.82) is 5.41 Å². The summed E-state index contributed by atoms with van der Waals surface area (Å²) in [6.45, 7) is 0. The normalized spacial score (nSPS) is 14.4. The lowest BCUT2D eigenvalue weighted by Gasteiger charge is -1.95. The molecule has 0 bridgehead atoms. The summed E-state index contributed by atoms with van der Waals surface area (Å²) in [5.74, 6) is -0.368. The summed E-state index contributed by atoms with van der Waals surface area (Å²) >= 11 is 5.70. The Morgan fingerprint density at radius 2 is 2.17 bits per heavy atom. The fourth-order valence-corrected chi connectivity index (χ4v) is 1.32. The molecule has 0 saturated carbocycles. The van der Waals surface area contributed by atoms with Crippen LogP contribution in [0.4, 0.5) is 5.69 Å². The third-order valence-corrected chi connectivity index (χ3v) is 1.96. The van der Waals surface area contributed by atoms with Crippen molar-refractivity contribution in [2.24, 2.45) is 0 Å². The monoisotopic (exact) mass is 180 g/mol. The van der Waals surface area contributed by atoms with Gasteiger partial charge in [0.1, 0.15) is 5.71 Å². The molecule has 0 saturated heterocycles. The molecule has 3 nitrogen and oxygen atoms in total. The molecule has 1 aromatic carbocycles. The van der Waals surface area contributed by atoms with Crippen molar-refractivity contribution in [2.75, 3.05) is 5.32 Å². The molecule has 0 spiro atoms. The second-order valence-electron chi connectivity index (χ2n) is 2.52. The SMILES string of the molecule is N=C1C(=O)Nc2cc(Cl)ccc21. The summed E-state index contributed by atoms with van der Waals surface area (Å²) in [5.41, 5.74) is 1.24. The molecule has 0 atom stereocenters. The third-order valence-electron chi connectivity index (χ3n) is 1.73. The number of halogens is 1. The van der Waals surface area contributed by atoms with E-state index in [1.807, 2.05) is 0 Å². The third kappa shape index (κ3) is 0.905. The summed E-state index contributed by atoms with van der Waals surface area (Å²) in [5, 5.41) is 10.5. The summed E-state index contributed by atoms with van der Waals surface area (Å²) in [6, 6.07) is 4.96. The molecule has 1 aliphatic rings. The smallest absolute Gasteiger partial charge is 0.274 e. The maximum absolute atomic E-state index is 11.0. The molecule has 2 rings (SSSR count). The van der Waals surface area contributed by atoms with Crippen molar-refractivity contribution in [3.63, 3.8) is 0 Å². The first kappa shape index (κ1) is 7.31. The number of rotatable bonds is 0. The zero-order valence-corrected chi connectivity index (χ0v) is 6.77. The molecule has 0 aromatic heterocycles. The van der Waals surface area contributed by atoms with Gasteiger partial charge in [0.05, 0.1) is 5.69 Å². The van der Waals surface area contributed by atoms with Crippen LogP contribution >= 0.6 is 11.6 Å². The Morgan fingerprint density at radius 3 is 2.92 bits per heavy atom. The van der Waals surface area contributed by atoms with Gasteiger partial charge in [0.25, 0.3) is 5.91 Å². The molecule has 12 heavy (non-hydrogen) atoms. The molecule has 1 amide bonds. The van der Waals surface area contributed by atoms with E-state index in [-0.39, 0.29) is 11.6 Å². The van der Waals surface area contributed by atoms with Gasteiger partial charge in [-0.3, -0.25) is 10.2 Å². The quantitative estimate of drug-likeness (QED) is 0.627. The molecule has 0 unspecified atom stereocenters. The van der Waals surface area contributed by atoms with Gasteiger partial charge in [-0.1, -0.05) is 11.6 Å². The molecule has 2 N–H and O–H groups in total. The highest BCUT2D eigenvalue weighted by molar-refractivity contribution is 6.53. The average molecular weight is 181 g/mol. The molecule has 4 heteroatoms. The molecule has 0 fully saturated rings. The maximum Gasteiger partial charge on any atom is 0.274 e. The zero-order valence-electron chi connectivity index (χ0n) is 6.02. The predicted octanol–water partition coefficient (Wildman–Crippen LogP) is 1.66. The molecule has 60 valence electrons. The van der Waals surface area contributed by atoms with E-state index in [9.17, 15) is 4.79 Å². The molecule has 1 aromatic rings. The fraction of sp³-hybridized carbons (Fsp3) is 0. The van der Waals surface area contributed by atoms with Crippen molar-refractivity contribution in [3.8, 4) is 0 Å². The van der Waals surface area contributed by atoms with E-state index in [0.717, 1.165) is 0 Å². The number of anilines is 1. The minimum atomic E-state index is -0.368. The molecule has 1 heterocycles. The van der Waals surface area contributed by atoms with Gasteiger partial charge in [-0.05, 0) is 18.2 Å². The van der Waals surface area contributed by atoms with Crippen LogP contribution in [0.5, 0.6) is 0 Å². The number of nitrogens with one attached hydrogen (secondary N) is 2. The van der Waals surface area contributed by atoms with E-state index < -0.39 is 0 Å². The average Bonchev–Trinajstić information content (AvgIpc) is 2.28. The Labute approximate surface area is 73.9 Å². The van der Waals surface area contributed by atoms with Gasteiger partial charge < -0.3 is 5.32 Å². The number of fused-ring (bicyclic) bond motifs is 1. The molecular formula is C8H5ClN2O. The fourth-order valence-electron chi connectivity index (χ4n) is 1.15. The Balaban J connectivity index is 2.62. The summed E-state index contributed by atoms with van der Waals surface area (Å²) in [7, 11) is 0. The van der Waals surface area contributed by atoms with Gasteiger partial charge in [0.15, 0.2) is 0 Å². The van der Waals surface area contributed by atoms with E-state index in [1.54, 1.807) is 18.2 Å². The van der Waals surface area contributed by atoms with Crippen LogP contribution < -0.4 is 5.32 Å². The lowest BCUT2D eigenvalue weighted by atomic mass is 10.1. The van der Waals surface area contributed by atoms with Gasteiger partial charge in [0.2, 0.25) is 0 Å². The Bertz CT molecular complexity index is 387. The van der Waals surface area contributed by atoms with Crippen molar-refractivity contribution in [2.45, 2.75) is 0 Å². The number of amides is 1. The lowest BCUT2D eigenvalue weighted by molar-refractivity contribution is -0.110. The van der Waals surface area contributed by atoms with E-state index in [4.69, 9.17) is 17.0 Å². The lowest BCUT2D eigenvalue weighted by Crippen LogP contribution is -2.12. The van der Waals surface area contributed by atoms with Gasteiger partial charge >= 0.3 is 0 Å². The van der Waals surface area contributed by atoms with Crippen LogP contribution in [0.15, 0.2) is 18.2 Å². The first-order valence-electron chi connectivity index (χ1n) is 3.38. The van der Waals surface area contributed by atoms with E-state index in [1.165, 1.54) is 0 Å². The first-order chi connectivity index (χ1) is 5.68. The van der Waals surface area contributed by atoms with Crippen molar-refractivity contribution >= 4 is 28.9 Å². The zero-order chi connectivity index (χ0) is 8.72. The van der Waals surface area contributed by atoms with Crippen molar-refractivity contribution in [1.82, 2.24) is 0 Å². The number of carbonyl (C=O) groups excluding carboxylic acids is 1. The maximum atomic E-state index is 11.0. The van der Waals surface area contributed by atoms with Crippen LogP contribution in [0, 0.1) is 5.41 Å². The Hall–Kier alpha value is -1.35. The highest BCUT2D eigenvalue weighted by Crippen LogP contribution is 2.25. The Kier molecular flexibility index (Phi) is 1.41. The van der Waals surface area contributed by atoms with Crippen LogP contribution in [-0.2, 0) is 4.79 Å². The highest BCUT2D eigenvalue weighted by Gasteiger charge is 2.23. The molecular weight excluding hydrogens is 176 g/mol. The van der Waals surface area contributed by atoms with Crippen LogP contribution in [0.2, 0.25) is 5.02 Å². The second kappa shape index (κ2) is 2.32. The summed E-state index contributed by atoms with van der Waals surface area (Å²) in [6.07, 6.45) is 0. The van der Waals surface area contributed by atoms with Crippen LogP contribution in [-0.4, -0.2) is 11.6 Å². The first-order valence-corrected chi connectivity index (χ1v) is 3.76. The van der Waals surface area contributed by atoms with E-state index in [2.05, 4.69) is 5.32 Å². The van der Waals surface area contributed by atoms with Gasteiger partial charge in [-0.25, -0.2) is 0 Å². The minimum Gasteiger partial charge on any atom is -0.320 e. The van der Waals surface area contributed by atoms with Gasteiger partial charge in [-0.2, -0.15) is 0 Å². The van der Waals surface area contributed by atoms with Crippen LogP contribution in [0.25, 0.3) is 0 Å². The highest BCUT2D eigenvalue weighted by atomic mass is 35.5. The van der Waals surface area contributed by atoms with Crippen LogP contribution in [0.1, 0.15) is 5.56 Å². The number of benzene rings is 1. The van der Waals surface area contributed by atoms with Gasteiger partial charge in [0, 0.05) is 10.6 Å². The Morgan fingerprint density at radius 1 is 1.42 bits per heavy atom. The summed E-state index contributed by atoms with van der Waals surface area (Å²) in [4.78, 5) is 11.0. The van der Waals surface area contributed by atoms with E-state index in [0.29, 0.717) is 16.3 Å².